The third-order valence-electron chi connectivity index (χ3n) is 5.35. The van der Waals surface area contributed by atoms with Crippen molar-refractivity contribution in [3.05, 3.63) is 29.8 Å². The van der Waals surface area contributed by atoms with Gasteiger partial charge in [-0.3, -0.25) is 4.79 Å². The first kappa shape index (κ1) is 20.8. The van der Waals surface area contributed by atoms with E-state index in [2.05, 4.69) is 54.9 Å². The van der Waals surface area contributed by atoms with Gasteiger partial charge in [-0.15, -0.1) is 0 Å². The van der Waals surface area contributed by atoms with E-state index in [4.69, 9.17) is 0 Å². The van der Waals surface area contributed by atoms with Crippen molar-refractivity contribution >= 4 is 11.6 Å². The number of nitrogens with one attached hydrogen (secondary N) is 1. The summed E-state index contributed by atoms with van der Waals surface area (Å²) in [7, 11) is 0. The number of rotatable bonds is 9. The first-order chi connectivity index (χ1) is 12.5. The van der Waals surface area contributed by atoms with E-state index < -0.39 is 0 Å². The molecular weight excluding hydrogens is 322 g/mol. The molecule has 2 rings (SSSR count). The second-order valence-corrected chi connectivity index (χ2v) is 7.94. The Labute approximate surface area is 159 Å². The molecule has 1 aromatic carbocycles. The molecular formula is C22H37N3O. The summed E-state index contributed by atoms with van der Waals surface area (Å²) < 4.78 is 0. The molecule has 4 heteroatoms. The monoisotopic (exact) mass is 359 g/mol. The third kappa shape index (κ3) is 6.31. The molecule has 1 heterocycles. The van der Waals surface area contributed by atoms with Crippen LogP contribution in [0, 0.1) is 5.92 Å². The highest BCUT2D eigenvalue weighted by atomic mass is 16.1. The molecule has 1 aliphatic heterocycles. The topological polar surface area (TPSA) is 35.6 Å². The lowest BCUT2D eigenvalue weighted by Crippen LogP contribution is -2.35. The predicted molar refractivity (Wildman–Crippen MR) is 111 cm³/mol. The summed E-state index contributed by atoms with van der Waals surface area (Å²) in [5, 5.41) is 3.06. The fourth-order valence-electron chi connectivity index (χ4n) is 3.90. The average molecular weight is 360 g/mol. The van der Waals surface area contributed by atoms with Crippen LogP contribution < -0.4 is 10.2 Å². The van der Waals surface area contributed by atoms with Crippen LogP contribution in [0.15, 0.2) is 24.3 Å². The molecule has 1 N–H and O–H groups in total. The number of hydrogen-bond donors (Lipinski definition) is 1. The van der Waals surface area contributed by atoms with E-state index in [-0.39, 0.29) is 5.91 Å². The fraction of sp³-hybridized carbons (Fsp3) is 0.682. The third-order valence-corrected chi connectivity index (χ3v) is 5.35. The van der Waals surface area contributed by atoms with Crippen molar-refractivity contribution in [2.45, 2.75) is 59.4 Å². The SMILES string of the molecule is CCN(c1ccc(C(=O)NCCCCN2CCCC(C)C2)cc1)C(C)C. The second kappa shape index (κ2) is 10.6. The van der Waals surface area contributed by atoms with Crippen LogP contribution in [-0.2, 0) is 0 Å². The molecule has 0 radical (unpaired) electrons. The van der Waals surface area contributed by atoms with Crippen LogP contribution in [0.3, 0.4) is 0 Å². The molecule has 1 atom stereocenters. The molecule has 0 spiro atoms. The number of benzene rings is 1. The van der Waals surface area contributed by atoms with Gasteiger partial charge in [0.25, 0.3) is 5.91 Å². The van der Waals surface area contributed by atoms with E-state index in [1.165, 1.54) is 31.6 Å². The molecule has 26 heavy (non-hydrogen) atoms. The van der Waals surface area contributed by atoms with Gasteiger partial charge in [-0.25, -0.2) is 0 Å². The minimum Gasteiger partial charge on any atom is -0.369 e. The summed E-state index contributed by atoms with van der Waals surface area (Å²) in [6, 6.07) is 8.43. The van der Waals surface area contributed by atoms with E-state index in [0.717, 1.165) is 44.0 Å². The van der Waals surface area contributed by atoms with Crippen molar-refractivity contribution in [3.8, 4) is 0 Å². The van der Waals surface area contributed by atoms with E-state index in [0.29, 0.717) is 6.04 Å². The smallest absolute Gasteiger partial charge is 0.251 e. The van der Waals surface area contributed by atoms with Gasteiger partial charge in [0, 0.05) is 36.9 Å². The van der Waals surface area contributed by atoms with Crippen molar-refractivity contribution in [2.24, 2.45) is 5.92 Å². The lowest BCUT2D eigenvalue weighted by molar-refractivity contribution is 0.0952. The predicted octanol–water partition coefficient (Wildman–Crippen LogP) is 4.16. The number of carbonyl (C=O) groups excluding carboxylic acids is 1. The van der Waals surface area contributed by atoms with Crippen molar-refractivity contribution < 1.29 is 4.79 Å². The quantitative estimate of drug-likeness (QED) is 0.672. The maximum atomic E-state index is 12.3. The highest BCUT2D eigenvalue weighted by molar-refractivity contribution is 5.94. The Balaban J connectivity index is 1.69. The van der Waals surface area contributed by atoms with Gasteiger partial charge in [-0.05, 0) is 89.7 Å². The van der Waals surface area contributed by atoms with Gasteiger partial charge in [0.05, 0.1) is 0 Å². The zero-order valence-corrected chi connectivity index (χ0v) is 17.1. The van der Waals surface area contributed by atoms with Crippen LogP contribution in [0.5, 0.6) is 0 Å². The summed E-state index contributed by atoms with van der Waals surface area (Å²) in [6.45, 7) is 14.3. The first-order valence-corrected chi connectivity index (χ1v) is 10.4. The molecule has 0 bridgehead atoms. The highest BCUT2D eigenvalue weighted by Crippen LogP contribution is 2.18. The number of nitrogens with zero attached hydrogens (tertiary/aromatic N) is 2. The van der Waals surface area contributed by atoms with Crippen molar-refractivity contribution in [1.29, 1.82) is 0 Å². The molecule has 0 saturated carbocycles. The van der Waals surface area contributed by atoms with Crippen LogP contribution in [0.2, 0.25) is 0 Å². The van der Waals surface area contributed by atoms with Crippen LogP contribution >= 0.6 is 0 Å². The van der Waals surface area contributed by atoms with Gasteiger partial charge >= 0.3 is 0 Å². The number of amides is 1. The zero-order valence-electron chi connectivity index (χ0n) is 17.1. The average Bonchev–Trinajstić information content (AvgIpc) is 2.62. The molecule has 1 aromatic rings. The Hall–Kier alpha value is -1.55. The molecule has 1 unspecified atom stereocenters. The maximum absolute atomic E-state index is 12.3. The van der Waals surface area contributed by atoms with E-state index in [1.807, 2.05) is 12.1 Å². The summed E-state index contributed by atoms with van der Waals surface area (Å²) in [5.41, 5.74) is 1.92. The fourth-order valence-corrected chi connectivity index (χ4v) is 3.90. The van der Waals surface area contributed by atoms with Crippen LogP contribution in [0.1, 0.15) is 63.7 Å². The summed E-state index contributed by atoms with van der Waals surface area (Å²) in [5.74, 6) is 0.876. The number of hydrogen-bond acceptors (Lipinski definition) is 3. The number of piperidine rings is 1. The Bertz CT molecular complexity index is 541. The number of carbonyl (C=O) groups is 1. The van der Waals surface area contributed by atoms with Gasteiger partial charge in [-0.1, -0.05) is 6.92 Å². The Morgan fingerprint density at radius 1 is 1.27 bits per heavy atom. The van der Waals surface area contributed by atoms with Gasteiger partial charge in [0.2, 0.25) is 0 Å². The van der Waals surface area contributed by atoms with Crippen molar-refractivity contribution in [3.63, 3.8) is 0 Å². The molecule has 1 fully saturated rings. The van der Waals surface area contributed by atoms with Gasteiger partial charge < -0.3 is 15.1 Å². The van der Waals surface area contributed by atoms with Crippen LogP contribution in [-0.4, -0.2) is 49.6 Å². The standard InChI is InChI=1S/C22H37N3O/c1-5-25(18(2)3)21-12-10-20(11-13-21)22(26)23-14-6-7-15-24-16-8-9-19(4)17-24/h10-13,18-19H,5-9,14-17H2,1-4H3,(H,23,26). The maximum Gasteiger partial charge on any atom is 0.251 e. The molecule has 1 aliphatic rings. The Kier molecular flexibility index (Phi) is 8.43. The van der Waals surface area contributed by atoms with Gasteiger partial charge in [0.15, 0.2) is 0 Å². The molecule has 0 aromatic heterocycles. The molecule has 146 valence electrons. The molecule has 1 amide bonds. The first-order valence-electron chi connectivity index (χ1n) is 10.4. The molecule has 0 aliphatic carbocycles. The normalized spacial score (nSPS) is 18.1. The van der Waals surface area contributed by atoms with Gasteiger partial charge in [0.1, 0.15) is 0 Å². The second-order valence-electron chi connectivity index (χ2n) is 7.94. The number of likely N-dealkylation sites (tertiary alicyclic amines) is 1. The summed E-state index contributed by atoms with van der Waals surface area (Å²) >= 11 is 0. The number of anilines is 1. The van der Waals surface area contributed by atoms with Crippen LogP contribution in [0.25, 0.3) is 0 Å². The highest BCUT2D eigenvalue weighted by Gasteiger charge is 2.15. The van der Waals surface area contributed by atoms with Crippen LogP contribution in [0.4, 0.5) is 5.69 Å². The van der Waals surface area contributed by atoms with E-state index >= 15 is 0 Å². The lowest BCUT2D eigenvalue weighted by atomic mass is 10.0. The van der Waals surface area contributed by atoms with Crippen molar-refractivity contribution in [2.75, 3.05) is 37.6 Å². The van der Waals surface area contributed by atoms with E-state index in [9.17, 15) is 4.79 Å². The van der Waals surface area contributed by atoms with Gasteiger partial charge in [-0.2, -0.15) is 0 Å². The molecule has 4 nitrogen and oxygen atoms in total. The summed E-state index contributed by atoms with van der Waals surface area (Å²) in [6.07, 6.45) is 4.91. The Morgan fingerprint density at radius 3 is 2.62 bits per heavy atom. The summed E-state index contributed by atoms with van der Waals surface area (Å²) in [4.78, 5) is 17.2. The minimum absolute atomic E-state index is 0.0377. The lowest BCUT2D eigenvalue weighted by Gasteiger charge is -2.30. The Morgan fingerprint density at radius 2 is 2.00 bits per heavy atom. The molecule has 1 saturated heterocycles. The minimum atomic E-state index is 0.0377. The number of unbranched alkanes of at least 4 members (excludes halogenated alkanes) is 1. The van der Waals surface area contributed by atoms with Crippen molar-refractivity contribution in [1.82, 2.24) is 10.2 Å². The zero-order chi connectivity index (χ0) is 18.9. The largest absolute Gasteiger partial charge is 0.369 e. The van der Waals surface area contributed by atoms with E-state index in [1.54, 1.807) is 0 Å².